The molecule has 1 atom stereocenters. The molecule has 2 nitrogen and oxygen atoms in total. The van der Waals surface area contributed by atoms with Crippen molar-refractivity contribution < 1.29 is 0 Å². The monoisotopic (exact) mass is 258 g/mol. The Balaban J connectivity index is 2.34. The first-order valence-corrected chi connectivity index (χ1v) is 6.27. The third kappa shape index (κ3) is 2.15. The molecule has 88 valence electrons. The van der Waals surface area contributed by atoms with Gasteiger partial charge in [0, 0.05) is 13.6 Å². The summed E-state index contributed by atoms with van der Waals surface area (Å²) in [6, 6.07) is 3.95. The average Bonchev–Trinajstić information content (AvgIpc) is 2.23. The Morgan fingerprint density at radius 2 is 2.19 bits per heavy atom. The van der Waals surface area contributed by atoms with Crippen LogP contribution < -0.4 is 10.6 Å². The lowest BCUT2D eigenvalue weighted by atomic mass is 9.90. The quantitative estimate of drug-likeness (QED) is 0.884. The fourth-order valence-electron chi connectivity index (χ4n) is 2.44. The molecule has 1 aliphatic rings. The summed E-state index contributed by atoms with van der Waals surface area (Å²) in [5, 5.41) is 1.30. The molecule has 0 spiro atoms. The van der Waals surface area contributed by atoms with Crippen LogP contribution in [0.15, 0.2) is 12.1 Å². The number of halogens is 2. The van der Waals surface area contributed by atoms with Gasteiger partial charge in [0.2, 0.25) is 0 Å². The van der Waals surface area contributed by atoms with Gasteiger partial charge in [-0.15, -0.1) is 0 Å². The summed E-state index contributed by atoms with van der Waals surface area (Å²) in [6.45, 7) is 1.75. The molecule has 2 rings (SSSR count). The van der Waals surface area contributed by atoms with Crippen molar-refractivity contribution in [3.8, 4) is 0 Å². The second-order valence-electron chi connectivity index (χ2n) is 4.40. The first-order chi connectivity index (χ1) is 7.63. The van der Waals surface area contributed by atoms with Crippen molar-refractivity contribution in [1.82, 2.24) is 0 Å². The van der Waals surface area contributed by atoms with E-state index in [1.165, 1.54) is 5.56 Å². The lowest BCUT2D eigenvalue weighted by molar-refractivity contribution is 0.474. The van der Waals surface area contributed by atoms with E-state index in [1.807, 2.05) is 6.07 Å². The summed E-state index contributed by atoms with van der Waals surface area (Å²) in [5.41, 5.74) is 7.98. The van der Waals surface area contributed by atoms with E-state index >= 15 is 0 Å². The van der Waals surface area contributed by atoms with E-state index in [9.17, 15) is 0 Å². The zero-order valence-corrected chi connectivity index (χ0v) is 10.9. The maximum atomic E-state index is 6.23. The summed E-state index contributed by atoms with van der Waals surface area (Å²) < 4.78 is 0. The predicted octanol–water partition coefficient (Wildman–Crippen LogP) is 2.95. The van der Waals surface area contributed by atoms with Gasteiger partial charge in [0.05, 0.1) is 15.7 Å². The number of rotatable bonds is 2. The van der Waals surface area contributed by atoms with Gasteiger partial charge in [0.1, 0.15) is 0 Å². The van der Waals surface area contributed by atoms with Crippen molar-refractivity contribution in [3.63, 3.8) is 0 Å². The maximum absolute atomic E-state index is 6.23. The maximum Gasteiger partial charge on any atom is 0.0828 e. The highest BCUT2D eigenvalue weighted by atomic mass is 35.5. The van der Waals surface area contributed by atoms with Crippen molar-refractivity contribution in [2.45, 2.75) is 12.8 Å². The SMILES string of the molecule is CN1CC(CCN)Cc2ccc(Cl)c(Cl)c21. The van der Waals surface area contributed by atoms with Gasteiger partial charge in [-0.05, 0) is 36.9 Å². The van der Waals surface area contributed by atoms with Gasteiger partial charge in [-0.2, -0.15) is 0 Å². The molecule has 0 aliphatic carbocycles. The highest BCUT2D eigenvalue weighted by Crippen LogP contribution is 2.39. The molecule has 0 amide bonds. The van der Waals surface area contributed by atoms with Crippen LogP contribution in [0.25, 0.3) is 0 Å². The molecule has 0 radical (unpaired) electrons. The molecule has 2 N–H and O–H groups in total. The number of hydrogen-bond donors (Lipinski definition) is 1. The zero-order valence-electron chi connectivity index (χ0n) is 9.34. The van der Waals surface area contributed by atoms with E-state index in [0.29, 0.717) is 16.0 Å². The Hall–Kier alpha value is -0.440. The fourth-order valence-corrected chi connectivity index (χ4v) is 2.92. The van der Waals surface area contributed by atoms with Crippen LogP contribution in [0.4, 0.5) is 5.69 Å². The van der Waals surface area contributed by atoms with Crippen LogP contribution >= 0.6 is 23.2 Å². The van der Waals surface area contributed by atoms with Crippen LogP contribution in [-0.2, 0) is 6.42 Å². The van der Waals surface area contributed by atoms with Crippen LogP contribution in [0.1, 0.15) is 12.0 Å². The van der Waals surface area contributed by atoms with E-state index < -0.39 is 0 Å². The minimum Gasteiger partial charge on any atom is -0.373 e. The Morgan fingerprint density at radius 3 is 2.88 bits per heavy atom. The third-order valence-electron chi connectivity index (χ3n) is 3.15. The number of anilines is 1. The number of fused-ring (bicyclic) bond motifs is 1. The lowest BCUT2D eigenvalue weighted by Gasteiger charge is -2.34. The molecule has 1 aliphatic heterocycles. The Labute approximate surface area is 106 Å². The summed E-state index contributed by atoms with van der Waals surface area (Å²) >= 11 is 12.3. The standard InChI is InChI=1S/C12H16Cl2N2/c1-16-7-8(4-5-15)6-9-2-3-10(13)11(14)12(9)16/h2-3,8H,4-7,15H2,1H3. The van der Waals surface area contributed by atoms with Gasteiger partial charge in [0.15, 0.2) is 0 Å². The smallest absolute Gasteiger partial charge is 0.0828 e. The second kappa shape index (κ2) is 4.82. The van der Waals surface area contributed by atoms with Gasteiger partial charge < -0.3 is 10.6 Å². The normalized spacial score (nSPS) is 19.8. The van der Waals surface area contributed by atoms with E-state index in [-0.39, 0.29) is 0 Å². The van der Waals surface area contributed by atoms with Gasteiger partial charge in [-0.3, -0.25) is 0 Å². The number of nitrogens with two attached hydrogens (primary N) is 1. The van der Waals surface area contributed by atoms with Crippen LogP contribution in [-0.4, -0.2) is 20.1 Å². The molecule has 0 fully saturated rings. The van der Waals surface area contributed by atoms with Gasteiger partial charge in [-0.25, -0.2) is 0 Å². The fraction of sp³-hybridized carbons (Fsp3) is 0.500. The molecular weight excluding hydrogens is 243 g/mol. The van der Waals surface area contributed by atoms with E-state index in [2.05, 4.69) is 18.0 Å². The number of hydrogen-bond acceptors (Lipinski definition) is 2. The molecule has 1 unspecified atom stereocenters. The van der Waals surface area contributed by atoms with E-state index in [4.69, 9.17) is 28.9 Å². The average molecular weight is 259 g/mol. The topological polar surface area (TPSA) is 29.3 Å². The van der Waals surface area contributed by atoms with Gasteiger partial charge in [-0.1, -0.05) is 29.3 Å². The first-order valence-electron chi connectivity index (χ1n) is 5.51. The Morgan fingerprint density at radius 1 is 1.44 bits per heavy atom. The van der Waals surface area contributed by atoms with Crippen molar-refractivity contribution in [3.05, 3.63) is 27.7 Å². The third-order valence-corrected chi connectivity index (χ3v) is 3.94. The van der Waals surface area contributed by atoms with Crippen molar-refractivity contribution in [2.24, 2.45) is 11.7 Å². The Kier molecular flexibility index (Phi) is 3.63. The molecule has 1 aromatic rings. The summed E-state index contributed by atoms with van der Waals surface area (Å²) in [4.78, 5) is 2.19. The molecule has 16 heavy (non-hydrogen) atoms. The van der Waals surface area contributed by atoms with Crippen molar-refractivity contribution >= 4 is 28.9 Å². The van der Waals surface area contributed by atoms with Crippen LogP contribution in [0.3, 0.4) is 0 Å². The van der Waals surface area contributed by atoms with Crippen LogP contribution in [0, 0.1) is 5.92 Å². The molecular formula is C12H16Cl2N2. The summed E-state index contributed by atoms with van der Waals surface area (Å²) in [5.74, 6) is 0.625. The summed E-state index contributed by atoms with van der Waals surface area (Å²) in [6.07, 6.45) is 2.11. The lowest BCUT2D eigenvalue weighted by Crippen LogP contribution is -2.33. The van der Waals surface area contributed by atoms with E-state index in [1.54, 1.807) is 0 Å². The second-order valence-corrected chi connectivity index (χ2v) is 5.18. The molecule has 1 heterocycles. The molecule has 0 bridgehead atoms. The zero-order chi connectivity index (χ0) is 11.7. The largest absolute Gasteiger partial charge is 0.373 e. The Bertz CT molecular complexity index is 393. The molecule has 1 aromatic carbocycles. The molecule has 0 saturated carbocycles. The summed E-state index contributed by atoms with van der Waals surface area (Å²) in [7, 11) is 2.06. The highest BCUT2D eigenvalue weighted by molar-refractivity contribution is 6.43. The minimum atomic E-state index is 0.625. The minimum absolute atomic E-state index is 0.625. The number of benzene rings is 1. The molecule has 4 heteroatoms. The van der Waals surface area contributed by atoms with Crippen LogP contribution in [0.5, 0.6) is 0 Å². The molecule has 0 aromatic heterocycles. The highest BCUT2D eigenvalue weighted by Gasteiger charge is 2.24. The number of nitrogens with zero attached hydrogens (tertiary/aromatic N) is 1. The van der Waals surface area contributed by atoms with Crippen molar-refractivity contribution in [1.29, 1.82) is 0 Å². The molecule has 0 saturated heterocycles. The van der Waals surface area contributed by atoms with Gasteiger partial charge in [0.25, 0.3) is 0 Å². The van der Waals surface area contributed by atoms with Crippen molar-refractivity contribution in [2.75, 3.05) is 25.0 Å². The van der Waals surface area contributed by atoms with Gasteiger partial charge >= 0.3 is 0 Å². The van der Waals surface area contributed by atoms with E-state index in [0.717, 1.165) is 31.6 Å². The first kappa shape index (κ1) is 12.0. The van der Waals surface area contributed by atoms with Crippen LogP contribution in [0.2, 0.25) is 10.0 Å². The predicted molar refractivity (Wildman–Crippen MR) is 70.6 cm³/mol.